The fraction of sp³-hybridized carbons (Fsp3) is 0.485. The van der Waals surface area contributed by atoms with Crippen LogP contribution in [-0.4, -0.2) is 65.5 Å². The number of benzene rings is 2. The van der Waals surface area contributed by atoms with Crippen molar-refractivity contribution in [3.05, 3.63) is 71.8 Å². The molecule has 0 aliphatic carbocycles. The average molecular weight is 609 g/mol. The Bertz CT molecular complexity index is 1280. The fourth-order valence-electron chi connectivity index (χ4n) is 4.87. The van der Waals surface area contributed by atoms with Gasteiger partial charge in [-0.05, 0) is 57.1 Å². The maximum Gasteiger partial charge on any atom is 0.408 e. The third-order valence-corrected chi connectivity index (χ3v) is 6.85. The summed E-state index contributed by atoms with van der Waals surface area (Å²) < 4.78 is 10.8. The predicted octanol–water partition coefficient (Wildman–Crippen LogP) is 3.63. The molecule has 0 aromatic heterocycles. The number of carbonyl (C=O) groups excluding carboxylic acids is 5. The molecule has 0 radical (unpaired) electrons. The van der Waals surface area contributed by atoms with E-state index in [-0.39, 0.29) is 19.1 Å². The number of nitrogens with one attached hydrogen (secondary N) is 3. The van der Waals surface area contributed by atoms with Gasteiger partial charge in [-0.1, -0.05) is 74.5 Å². The van der Waals surface area contributed by atoms with Gasteiger partial charge in [0.2, 0.25) is 11.8 Å². The van der Waals surface area contributed by atoms with E-state index in [1.54, 1.807) is 51.1 Å². The number of hydrogen-bond acceptors (Lipinski definition) is 7. The summed E-state index contributed by atoms with van der Waals surface area (Å²) in [5, 5.41) is 7.93. The number of nitrogens with zero attached hydrogens (tertiary/aromatic N) is 1. The lowest BCUT2D eigenvalue weighted by atomic mass is 10.0. The first kappa shape index (κ1) is 34.1. The molecule has 2 aromatic rings. The minimum Gasteiger partial charge on any atom is -0.459 e. The Kier molecular flexibility index (Phi) is 12.3. The number of carbonyl (C=O) groups is 5. The molecule has 3 rings (SSSR count). The van der Waals surface area contributed by atoms with Crippen LogP contribution >= 0.6 is 0 Å². The third kappa shape index (κ3) is 10.7. The van der Waals surface area contributed by atoms with E-state index in [0.29, 0.717) is 31.4 Å². The minimum absolute atomic E-state index is 0.0825. The standard InChI is InChI=1S/C33H44N4O7/c1-22(2)19-25(31(41)43-21-23-13-8-6-9-14-23)35-27(38)20-34-29(39)26-17-12-18-37(26)30(40)28(24-15-10-7-11-16-24)36-32(42)44-33(3,4)5/h6-11,13-16,22,25-26,28H,12,17-21H2,1-5H3,(H,34,39)(H,35,38)(H,36,42)/t25-,26+,28-/m1/s1. The van der Waals surface area contributed by atoms with E-state index in [9.17, 15) is 24.0 Å². The smallest absolute Gasteiger partial charge is 0.408 e. The zero-order valence-electron chi connectivity index (χ0n) is 26.1. The summed E-state index contributed by atoms with van der Waals surface area (Å²) in [4.78, 5) is 66.5. The molecule has 4 amide bonds. The van der Waals surface area contributed by atoms with E-state index in [2.05, 4.69) is 16.0 Å². The number of alkyl carbamates (subject to hydrolysis) is 1. The Balaban J connectivity index is 1.61. The van der Waals surface area contributed by atoms with Crippen LogP contribution in [0.5, 0.6) is 0 Å². The van der Waals surface area contributed by atoms with Crippen LogP contribution in [-0.2, 0) is 35.3 Å². The normalized spacial score (nSPS) is 16.0. The van der Waals surface area contributed by atoms with E-state index in [1.807, 2.05) is 44.2 Å². The van der Waals surface area contributed by atoms with Gasteiger partial charge in [0.05, 0.1) is 6.54 Å². The lowest BCUT2D eigenvalue weighted by Gasteiger charge is -2.29. The highest BCUT2D eigenvalue weighted by Crippen LogP contribution is 2.24. The summed E-state index contributed by atoms with van der Waals surface area (Å²) in [6.45, 7) is 9.04. The van der Waals surface area contributed by atoms with Crippen molar-refractivity contribution in [2.75, 3.05) is 13.1 Å². The summed E-state index contributed by atoms with van der Waals surface area (Å²) >= 11 is 0. The molecule has 1 aliphatic heterocycles. The molecule has 11 heteroatoms. The van der Waals surface area contributed by atoms with Crippen molar-refractivity contribution in [3.8, 4) is 0 Å². The largest absolute Gasteiger partial charge is 0.459 e. The van der Waals surface area contributed by atoms with Gasteiger partial charge in [-0.15, -0.1) is 0 Å². The predicted molar refractivity (Wildman–Crippen MR) is 164 cm³/mol. The van der Waals surface area contributed by atoms with E-state index in [1.165, 1.54) is 4.90 Å². The Labute approximate surface area is 259 Å². The molecular weight excluding hydrogens is 564 g/mol. The van der Waals surface area contributed by atoms with Crippen molar-refractivity contribution >= 4 is 29.8 Å². The van der Waals surface area contributed by atoms with Gasteiger partial charge in [-0.25, -0.2) is 9.59 Å². The van der Waals surface area contributed by atoms with Crippen molar-refractivity contribution in [1.82, 2.24) is 20.9 Å². The molecule has 1 fully saturated rings. The van der Waals surface area contributed by atoms with Gasteiger partial charge in [0.15, 0.2) is 0 Å². The number of hydrogen-bond donors (Lipinski definition) is 3. The fourth-order valence-corrected chi connectivity index (χ4v) is 4.87. The van der Waals surface area contributed by atoms with Gasteiger partial charge < -0.3 is 30.3 Å². The molecule has 1 saturated heterocycles. The van der Waals surface area contributed by atoms with E-state index in [4.69, 9.17) is 9.47 Å². The lowest BCUT2D eigenvalue weighted by molar-refractivity contribution is -0.149. The summed E-state index contributed by atoms with van der Waals surface area (Å²) in [7, 11) is 0. The maximum absolute atomic E-state index is 13.7. The summed E-state index contributed by atoms with van der Waals surface area (Å²) in [6.07, 6.45) is 0.585. The highest BCUT2D eigenvalue weighted by Gasteiger charge is 2.39. The number of likely N-dealkylation sites (tertiary alicyclic amines) is 1. The zero-order valence-corrected chi connectivity index (χ0v) is 26.1. The van der Waals surface area contributed by atoms with E-state index < -0.39 is 53.5 Å². The molecule has 0 saturated carbocycles. The molecule has 3 atom stereocenters. The minimum atomic E-state index is -1.07. The SMILES string of the molecule is CC(C)C[C@@H](NC(=O)CNC(=O)[C@@H]1CCCN1C(=O)[C@H](NC(=O)OC(C)(C)C)c1ccccc1)C(=O)OCc1ccccc1. The first-order valence-electron chi connectivity index (χ1n) is 15.0. The van der Waals surface area contributed by atoms with Crippen LogP contribution in [0, 0.1) is 5.92 Å². The van der Waals surface area contributed by atoms with Gasteiger partial charge >= 0.3 is 12.1 Å². The van der Waals surface area contributed by atoms with Crippen molar-refractivity contribution in [1.29, 1.82) is 0 Å². The first-order chi connectivity index (χ1) is 20.8. The molecule has 1 aliphatic rings. The van der Waals surface area contributed by atoms with Crippen LogP contribution in [0.25, 0.3) is 0 Å². The second-order valence-corrected chi connectivity index (χ2v) is 12.2. The molecule has 0 unspecified atom stereocenters. The monoisotopic (exact) mass is 608 g/mol. The van der Waals surface area contributed by atoms with Gasteiger partial charge in [0.25, 0.3) is 5.91 Å². The molecule has 3 N–H and O–H groups in total. The van der Waals surface area contributed by atoms with Gasteiger partial charge in [0, 0.05) is 6.54 Å². The zero-order chi connectivity index (χ0) is 32.3. The third-order valence-electron chi connectivity index (χ3n) is 6.85. The molecule has 0 spiro atoms. The van der Waals surface area contributed by atoms with E-state index in [0.717, 1.165) is 5.56 Å². The molecule has 1 heterocycles. The molecule has 0 bridgehead atoms. The molecule has 238 valence electrons. The van der Waals surface area contributed by atoms with Crippen molar-refractivity contribution in [2.45, 2.75) is 84.2 Å². The second kappa shape index (κ2) is 15.9. The number of rotatable bonds is 12. The highest BCUT2D eigenvalue weighted by atomic mass is 16.6. The van der Waals surface area contributed by atoms with E-state index >= 15 is 0 Å². The molecule has 11 nitrogen and oxygen atoms in total. The van der Waals surface area contributed by atoms with Gasteiger partial charge in [-0.3, -0.25) is 14.4 Å². The van der Waals surface area contributed by atoms with Crippen molar-refractivity contribution in [3.63, 3.8) is 0 Å². The first-order valence-corrected chi connectivity index (χ1v) is 15.0. The van der Waals surface area contributed by atoms with Crippen molar-refractivity contribution < 1.29 is 33.4 Å². The van der Waals surface area contributed by atoms with Crippen molar-refractivity contribution in [2.24, 2.45) is 5.92 Å². The van der Waals surface area contributed by atoms with Crippen LogP contribution in [0.2, 0.25) is 0 Å². The molecule has 44 heavy (non-hydrogen) atoms. The highest BCUT2D eigenvalue weighted by molar-refractivity contribution is 5.94. The summed E-state index contributed by atoms with van der Waals surface area (Å²) in [5.74, 6) is -1.96. The molecule has 2 aromatic carbocycles. The van der Waals surface area contributed by atoms with Crippen LogP contribution in [0.3, 0.4) is 0 Å². The second-order valence-electron chi connectivity index (χ2n) is 12.2. The van der Waals surface area contributed by atoms with Crippen LogP contribution < -0.4 is 16.0 Å². The van der Waals surface area contributed by atoms with Gasteiger partial charge in [0.1, 0.15) is 30.3 Å². The Morgan fingerprint density at radius 3 is 2.18 bits per heavy atom. The van der Waals surface area contributed by atoms with Crippen LogP contribution in [0.1, 0.15) is 71.0 Å². The molecular formula is C33H44N4O7. The quantitative estimate of drug-likeness (QED) is 0.312. The lowest BCUT2D eigenvalue weighted by Crippen LogP contribution is -2.52. The summed E-state index contributed by atoms with van der Waals surface area (Å²) in [6, 6.07) is 15.2. The summed E-state index contributed by atoms with van der Waals surface area (Å²) in [5.41, 5.74) is 0.607. The number of amides is 4. The average Bonchev–Trinajstić information content (AvgIpc) is 3.47. The number of ether oxygens (including phenoxy) is 2. The maximum atomic E-state index is 13.7. The van der Waals surface area contributed by atoms with Crippen LogP contribution in [0.4, 0.5) is 4.79 Å². The number of esters is 1. The van der Waals surface area contributed by atoms with Crippen LogP contribution in [0.15, 0.2) is 60.7 Å². The Morgan fingerprint density at radius 1 is 0.932 bits per heavy atom. The Hall–Kier alpha value is -4.41. The topological polar surface area (TPSA) is 143 Å². The van der Waals surface area contributed by atoms with Gasteiger partial charge in [-0.2, -0.15) is 0 Å². The Morgan fingerprint density at radius 2 is 1.57 bits per heavy atom.